The van der Waals surface area contributed by atoms with Crippen LogP contribution in [0, 0.1) is 5.92 Å². The third-order valence-corrected chi connectivity index (χ3v) is 4.80. The lowest BCUT2D eigenvalue weighted by Crippen LogP contribution is -2.41. The van der Waals surface area contributed by atoms with E-state index in [0.717, 1.165) is 6.42 Å². The highest BCUT2D eigenvalue weighted by Crippen LogP contribution is 2.23. The zero-order valence-electron chi connectivity index (χ0n) is 16.9. The van der Waals surface area contributed by atoms with Crippen molar-refractivity contribution in [1.82, 2.24) is 5.32 Å². The highest BCUT2D eigenvalue weighted by molar-refractivity contribution is 5.97. The van der Waals surface area contributed by atoms with Gasteiger partial charge in [-0.1, -0.05) is 45.0 Å². The summed E-state index contributed by atoms with van der Waals surface area (Å²) in [7, 11) is 0. The SMILES string of the molecule is CCc1ccc([C@H](N[C@H](C)C(=O)Nc2ccc(C(C)=O)cc2)C(C)C)cc1. The van der Waals surface area contributed by atoms with E-state index in [-0.39, 0.29) is 23.8 Å². The maximum atomic E-state index is 12.6. The van der Waals surface area contributed by atoms with Crippen molar-refractivity contribution in [1.29, 1.82) is 0 Å². The number of anilines is 1. The number of Topliss-reactive ketones (excluding diaryl/α,β-unsaturated/α-hetero) is 1. The molecular weight excluding hydrogens is 336 g/mol. The van der Waals surface area contributed by atoms with E-state index in [1.807, 2.05) is 6.92 Å². The zero-order valence-corrected chi connectivity index (χ0v) is 16.9. The molecule has 0 aromatic heterocycles. The van der Waals surface area contributed by atoms with Gasteiger partial charge in [-0.3, -0.25) is 14.9 Å². The molecular formula is C23H30N2O2. The molecule has 1 amide bonds. The van der Waals surface area contributed by atoms with Crippen LogP contribution < -0.4 is 10.6 Å². The predicted molar refractivity (Wildman–Crippen MR) is 111 cm³/mol. The van der Waals surface area contributed by atoms with Crippen LogP contribution in [0.4, 0.5) is 5.69 Å². The van der Waals surface area contributed by atoms with Crippen LogP contribution in [0.5, 0.6) is 0 Å². The Bertz CT molecular complexity index is 764. The molecule has 144 valence electrons. The fraction of sp³-hybridized carbons (Fsp3) is 0.391. The van der Waals surface area contributed by atoms with E-state index in [4.69, 9.17) is 0 Å². The van der Waals surface area contributed by atoms with Crippen molar-refractivity contribution in [2.45, 2.75) is 53.1 Å². The van der Waals surface area contributed by atoms with E-state index >= 15 is 0 Å². The lowest BCUT2D eigenvalue weighted by molar-refractivity contribution is -0.118. The molecule has 2 atom stereocenters. The third-order valence-electron chi connectivity index (χ3n) is 4.80. The van der Waals surface area contributed by atoms with Crippen LogP contribution in [-0.2, 0) is 11.2 Å². The number of carbonyl (C=O) groups is 2. The molecule has 0 aliphatic rings. The zero-order chi connectivity index (χ0) is 20.0. The van der Waals surface area contributed by atoms with E-state index in [1.54, 1.807) is 24.3 Å². The van der Waals surface area contributed by atoms with Crippen LogP contribution in [0.3, 0.4) is 0 Å². The molecule has 0 fully saturated rings. The Kier molecular flexibility index (Phi) is 7.31. The maximum Gasteiger partial charge on any atom is 0.241 e. The van der Waals surface area contributed by atoms with E-state index in [9.17, 15) is 9.59 Å². The first-order valence-electron chi connectivity index (χ1n) is 9.58. The molecule has 0 aliphatic carbocycles. The highest BCUT2D eigenvalue weighted by atomic mass is 16.2. The second kappa shape index (κ2) is 9.47. The molecule has 0 unspecified atom stereocenters. The van der Waals surface area contributed by atoms with Gasteiger partial charge >= 0.3 is 0 Å². The summed E-state index contributed by atoms with van der Waals surface area (Å²) in [5.74, 6) is 0.265. The molecule has 2 rings (SSSR count). The summed E-state index contributed by atoms with van der Waals surface area (Å²) >= 11 is 0. The summed E-state index contributed by atoms with van der Waals surface area (Å²) < 4.78 is 0. The average Bonchev–Trinajstić information content (AvgIpc) is 2.66. The van der Waals surface area contributed by atoms with E-state index in [0.29, 0.717) is 17.2 Å². The lowest BCUT2D eigenvalue weighted by atomic mass is 9.94. The van der Waals surface area contributed by atoms with Gasteiger partial charge in [0.1, 0.15) is 0 Å². The maximum absolute atomic E-state index is 12.6. The van der Waals surface area contributed by atoms with Crippen LogP contribution >= 0.6 is 0 Å². The van der Waals surface area contributed by atoms with Crippen LogP contribution in [-0.4, -0.2) is 17.7 Å². The Morgan fingerprint density at radius 2 is 1.52 bits per heavy atom. The first kappa shape index (κ1) is 20.8. The minimum Gasteiger partial charge on any atom is -0.325 e. The monoisotopic (exact) mass is 366 g/mol. The minimum absolute atomic E-state index is 0.0109. The van der Waals surface area contributed by atoms with Crippen LogP contribution in [0.2, 0.25) is 0 Å². The number of nitrogens with one attached hydrogen (secondary N) is 2. The molecule has 0 bridgehead atoms. The molecule has 4 heteroatoms. The number of carbonyl (C=O) groups excluding carboxylic acids is 2. The van der Waals surface area contributed by atoms with Crippen LogP contribution in [0.15, 0.2) is 48.5 Å². The van der Waals surface area contributed by atoms with Gasteiger partial charge in [-0.15, -0.1) is 0 Å². The predicted octanol–water partition coefficient (Wildman–Crippen LogP) is 4.77. The Hall–Kier alpha value is -2.46. The molecule has 27 heavy (non-hydrogen) atoms. The highest BCUT2D eigenvalue weighted by Gasteiger charge is 2.22. The van der Waals surface area contributed by atoms with Crippen molar-refractivity contribution in [3.05, 3.63) is 65.2 Å². The number of rotatable bonds is 8. The fourth-order valence-corrected chi connectivity index (χ4v) is 3.02. The van der Waals surface area contributed by atoms with E-state index < -0.39 is 0 Å². The number of hydrogen-bond acceptors (Lipinski definition) is 3. The Labute approximate surface area is 162 Å². The Morgan fingerprint density at radius 1 is 0.926 bits per heavy atom. The second-order valence-electron chi connectivity index (χ2n) is 7.33. The summed E-state index contributed by atoms with van der Waals surface area (Å²) in [6, 6.07) is 15.3. The van der Waals surface area contributed by atoms with Gasteiger partial charge < -0.3 is 5.32 Å². The molecule has 2 aromatic carbocycles. The quantitative estimate of drug-likeness (QED) is 0.662. The normalized spacial score (nSPS) is 13.3. The second-order valence-corrected chi connectivity index (χ2v) is 7.33. The molecule has 0 aliphatic heterocycles. The Balaban J connectivity index is 2.04. The summed E-state index contributed by atoms with van der Waals surface area (Å²) in [6.07, 6.45) is 1.02. The van der Waals surface area contributed by atoms with Crippen LogP contribution in [0.25, 0.3) is 0 Å². The van der Waals surface area contributed by atoms with Gasteiger partial charge in [-0.2, -0.15) is 0 Å². The van der Waals surface area contributed by atoms with Crippen molar-refractivity contribution < 1.29 is 9.59 Å². The molecule has 0 spiro atoms. The largest absolute Gasteiger partial charge is 0.325 e. The Morgan fingerprint density at radius 3 is 2.00 bits per heavy atom. The fourth-order valence-electron chi connectivity index (χ4n) is 3.02. The number of amides is 1. The molecule has 2 N–H and O–H groups in total. The number of hydrogen-bond donors (Lipinski definition) is 2. The topological polar surface area (TPSA) is 58.2 Å². The molecule has 2 aromatic rings. The van der Waals surface area contributed by atoms with Crippen molar-refractivity contribution in [2.75, 3.05) is 5.32 Å². The van der Waals surface area contributed by atoms with E-state index in [2.05, 4.69) is 55.7 Å². The third kappa shape index (κ3) is 5.76. The molecule has 0 saturated carbocycles. The van der Waals surface area contributed by atoms with Gasteiger partial charge in [-0.05, 0) is 61.6 Å². The van der Waals surface area contributed by atoms with Crippen molar-refractivity contribution in [3.63, 3.8) is 0 Å². The standard InChI is InChI=1S/C23H30N2O2/c1-6-18-7-9-20(10-8-18)22(15(2)3)24-16(4)23(27)25-21-13-11-19(12-14-21)17(5)26/h7-16,22,24H,6H2,1-5H3,(H,25,27)/t16-,22-/m1/s1. The molecule has 0 saturated heterocycles. The minimum atomic E-state index is -0.351. The van der Waals surface area contributed by atoms with Crippen molar-refractivity contribution >= 4 is 17.4 Å². The summed E-state index contributed by atoms with van der Waals surface area (Å²) in [5, 5.41) is 6.36. The van der Waals surface area contributed by atoms with Gasteiger partial charge in [0.2, 0.25) is 5.91 Å². The lowest BCUT2D eigenvalue weighted by Gasteiger charge is -2.26. The average molecular weight is 367 g/mol. The van der Waals surface area contributed by atoms with E-state index in [1.165, 1.54) is 18.1 Å². The van der Waals surface area contributed by atoms with Gasteiger partial charge in [-0.25, -0.2) is 0 Å². The summed E-state index contributed by atoms with van der Waals surface area (Å²) in [6.45, 7) is 9.84. The molecule has 0 heterocycles. The van der Waals surface area contributed by atoms with Gasteiger partial charge in [0.25, 0.3) is 0 Å². The first-order chi connectivity index (χ1) is 12.8. The van der Waals surface area contributed by atoms with Crippen LogP contribution in [0.1, 0.15) is 62.1 Å². The number of aryl methyl sites for hydroxylation is 1. The summed E-state index contributed by atoms with van der Waals surface area (Å²) in [5.41, 5.74) is 3.82. The van der Waals surface area contributed by atoms with Gasteiger partial charge in [0, 0.05) is 17.3 Å². The summed E-state index contributed by atoms with van der Waals surface area (Å²) in [4.78, 5) is 23.9. The van der Waals surface area contributed by atoms with Gasteiger partial charge in [0.05, 0.1) is 6.04 Å². The van der Waals surface area contributed by atoms with Crippen molar-refractivity contribution in [3.8, 4) is 0 Å². The number of benzene rings is 2. The number of ketones is 1. The van der Waals surface area contributed by atoms with Crippen molar-refractivity contribution in [2.24, 2.45) is 5.92 Å². The first-order valence-corrected chi connectivity index (χ1v) is 9.58. The molecule has 4 nitrogen and oxygen atoms in total. The smallest absolute Gasteiger partial charge is 0.241 e. The molecule has 0 radical (unpaired) electrons. The van der Waals surface area contributed by atoms with Gasteiger partial charge in [0.15, 0.2) is 5.78 Å².